The third-order valence-corrected chi connectivity index (χ3v) is 2.99. The number of hydrogen-bond acceptors (Lipinski definition) is 2. The fourth-order valence-corrected chi connectivity index (χ4v) is 2.19. The van der Waals surface area contributed by atoms with Crippen molar-refractivity contribution >= 4 is 0 Å². The van der Waals surface area contributed by atoms with Gasteiger partial charge in [-0.15, -0.1) is 0 Å². The lowest BCUT2D eigenvalue weighted by atomic mass is 9.91. The third kappa shape index (κ3) is 2.46. The van der Waals surface area contributed by atoms with Crippen LogP contribution in [0.1, 0.15) is 33.1 Å². The topological polar surface area (TPSA) is 35.2 Å². The zero-order chi connectivity index (χ0) is 8.97. The highest BCUT2D eigenvalue weighted by atomic mass is 16.5. The molecular weight excluding hydrogens is 150 g/mol. The maximum atomic E-state index is 6.03. The summed E-state index contributed by atoms with van der Waals surface area (Å²) in [6.45, 7) is 5.86. The van der Waals surface area contributed by atoms with Gasteiger partial charge in [-0.3, -0.25) is 0 Å². The molecule has 12 heavy (non-hydrogen) atoms. The van der Waals surface area contributed by atoms with Crippen LogP contribution < -0.4 is 5.73 Å². The van der Waals surface area contributed by atoms with Crippen molar-refractivity contribution in [3.8, 4) is 0 Å². The summed E-state index contributed by atoms with van der Waals surface area (Å²) in [5, 5.41) is 0. The van der Waals surface area contributed by atoms with Gasteiger partial charge < -0.3 is 10.5 Å². The SMILES string of the molecule is CCOCC(N)C1CCCC1C. The van der Waals surface area contributed by atoms with Crippen molar-refractivity contribution in [1.29, 1.82) is 0 Å². The van der Waals surface area contributed by atoms with Gasteiger partial charge in [-0.1, -0.05) is 19.8 Å². The van der Waals surface area contributed by atoms with Gasteiger partial charge in [0.05, 0.1) is 6.61 Å². The fraction of sp³-hybridized carbons (Fsp3) is 1.00. The van der Waals surface area contributed by atoms with Crippen molar-refractivity contribution < 1.29 is 4.74 Å². The lowest BCUT2D eigenvalue weighted by Gasteiger charge is -2.22. The van der Waals surface area contributed by atoms with Gasteiger partial charge in [0, 0.05) is 12.6 Å². The second kappa shape index (κ2) is 4.83. The van der Waals surface area contributed by atoms with E-state index < -0.39 is 0 Å². The molecule has 0 radical (unpaired) electrons. The molecule has 2 N–H and O–H groups in total. The van der Waals surface area contributed by atoms with Crippen LogP contribution >= 0.6 is 0 Å². The van der Waals surface area contributed by atoms with Gasteiger partial charge in [0.15, 0.2) is 0 Å². The third-order valence-electron chi connectivity index (χ3n) is 2.99. The molecule has 1 rings (SSSR count). The highest BCUT2D eigenvalue weighted by molar-refractivity contribution is 4.82. The summed E-state index contributed by atoms with van der Waals surface area (Å²) in [7, 11) is 0. The van der Waals surface area contributed by atoms with E-state index in [1.54, 1.807) is 0 Å². The van der Waals surface area contributed by atoms with Crippen molar-refractivity contribution in [2.24, 2.45) is 17.6 Å². The summed E-state index contributed by atoms with van der Waals surface area (Å²) >= 11 is 0. The molecule has 2 nitrogen and oxygen atoms in total. The summed E-state index contributed by atoms with van der Waals surface area (Å²) in [6, 6.07) is 0.266. The van der Waals surface area contributed by atoms with Crippen LogP contribution in [0.4, 0.5) is 0 Å². The first-order valence-corrected chi connectivity index (χ1v) is 5.09. The highest BCUT2D eigenvalue weighted by Gasteiger charge is 2.28. The van der Waals surface area contributed by atoms with Crippen molar-refractivity contribution in [2.45, 2.75) is 39.2 Å². The molecule has 3 atom stereocenters. The van der Waals surface area contributed by atoms with Crippen molar-refractivity contribution in [3.63, 3.8) is 0 Å². The minimum atomic E-state index is 0.266. The van der Waals surface area contributed by atoms with Crippen LogP contribution in [0.3, 0.4) is 0 Å². The van der Waals surface area contributed by atoms with Crippen LogP contribution in [0.5, 0.6) is 0 Å². The molecule has 0 aliphatic heterocycles. The molecule has 1 saturated carbocycles. The van der Waals surface area contributed by atoms with E-state index in [0.29, 0.717) is 5.92 Å². The van der Waals surface area contributed by atoms with Crippen molar-refractivity contribution in [2.75, 3.05) is 13.2 Å². The van der Waals surface area contributed by atoms with Crippen molar-refractivity contribution in [3.05, 3.63) is 0 Å². The molecule has 1 aliphatic rings. The van der Waals surface area contributed by atoms with E-state index in [0.717, 1.165) is 19.1 Å². The van der Waals surface area contributed by atoms with E-state index in [2.05, 4.69) is 6.92 Å². The molecule has 2 heteroatoms. The molecule has 0 heterocycles. The maximum Gasteiger partial charge on any atom is 0.0620 e. The smallest absolute Gasteiger partial charge is 0.0620 e. The Kier molecular flexibility index (Phi) is 4.02. The molecule has 0 bridgehead atoms. The van der Waals surface area contributed by atoms with Gasteiger partial charge >= 0.3 is 0 Å². The normalized spacial score (nSPS) is 32.2. The van der Waals surface area contributed by atoms with Gasteiger partial charge in [-0.25, -0.2) is 0 Å². The zero-order valence-corrected chi connectivity index (χ0v) is 8.25. The van der Waals surface area contributed by atoms with Gasteiger partial charge in [0.1, 0.15) is 0 Å². The first kappa shape index (κ1) is 10.0. The van der Waals surface area contributed by atoms with E-state index in [4.69, 9.17) is 10.5 Å². The Hall–Kier alpha value is -0.0800. The molecule has 0 amide bonds. The molecule has 0 aromatic heterocycles. The molecule has 0 saturated heterocycles. The van der Waals surface area contributed by atoms with Crippen LogP contribution in [0.15, 0.2) is 0 Å². The molecule has 1 fully saturated rings. The second-order valence-electron chi connectivity index (χ2n) is 3.90. The lowest BCUT2D eigenvalue weighted by molar-refractivity contribution is 0.110. The number of nitrogens with two attached hydrogens (primary N) is 1. The Bertz CT molecular complexity index is 127. The van der Waals surface area contributed by atoms with E-state index in [9.17, 15) is 0 Å². The summed E-state index contributed by atoms with van der Waals surface area (Å²) in [4.78, 5) is 0. The summed E-state index contributed by atoms with van der Waals surface area (Å²) < 4.78 is 5.33. The maximum absolute atomic E-state index is 6.03. The first-order valence-electron chi connectivity index (χ1n) is 5.09. The highest BCUT2D eigenvalue weighted by Crippen LogP contribution is 2.32. The van der Waals surface area contributed by atoms with E-state index >= 15 is 0 Å². The molecular formula is C10H21NO. The molecule has 72 valence electrons. The molecule has 3 unspecified atom stereocenters. The first-order chi connectivity index (χ1) is 5.75. The quantitative estimate of drug-likeness (QED) is 0.700. The predicted octanol–water partition coefficient (Wildman–Crippen LogP) is 1.79. The lowest BCUT2D eigenvalue weighted by Crippen LogP contribution is -2.36. The Balaban J connectivity index is 2.25. The Morgan fingerprint density at radius 1 is 1.50 bits per heavy atom. The average Bonchev–Trinajstić information content (AvgIpc) is 2.47. The summed E-state index contributed by atoms with van der Waals surface area (Å²) in [5.41, 5.74) is 6.03. The Morgan fingerprint density at radius 3 is 2.75 bits per heavy atom. The number of rotatable bonds is 4. The second-order valence-corrected chi connectivity index (χ2v) is 3.90. The minimum Gasteiger partial charge on any atom is -0.380 e. The van der Waals surface area contributed by atoms with E-state index in [1.807, 2.05) is 6.92 Å². The number of ether oxygens (including phenoxy) is 1. The summed E-state index contributed by atoms with van der Waals surface area (Å²) in [5.74, 6) is 1.51. The Labute approximate surface area is 75.5 Å². The summed E-state index contributed by atoms with van der Waals surface area (Å²) in [6.07, 6.45) is 4.01. The Morgan fingerprint density at radius 2 is 2.25 bits per heavy atom. The monoisotopic (exact) mass is 171 g/mol. The van der Waals surface area contributed by atoms with E-state index in [-0.39, 0.29) is 6.04 Å². The van der Waals surface area contributed by atoms with Crippen LogP contribution in [0.2, 0.25) is 0 Å². The predicted molar refractivity (Wildman–Crippen MR) is 51.0 cm³/mol. The molecule has 0 spiro atoms. The average molecular weight is 171 g/mol. The van der Waals surface area contributed by atoms with Gasteiger partial charge in [-0.2, -0.15) is 0 Å². The van der Waals surface area contributed by atoms with Crippen LogP contribution in [-0.4, -0.2) is 19.3 Å². The molecule has 0 aromatic rings. The molecule has 1 aliphatic carbocycles. The zero-order valence-electron chi connectivity index (χ0n) is 8.25. The van der Waals surface area contributed by atoms with Crippen molar-refractivity contribution in [1.82, 2.24) is 0 Å². The fourth-order valence-electron chi connectivity index (χ4n) is 2.19. The number of hydrogen-bond donors (Lipinski definition) is 1. The largest absolute Gasteiger partial charge is 0.380 e. The van der Waals surface area contributed by atoms with Crippen LogP contribution in [-0.2, 0) is 4.74 Å². The molecule has 0 aromatic carbocycles. The van der Waals surface area contributed by atoms with Crippen LogP contribution in [0.25, 0.3) is 0 Å². The minimum absolute atomic E-state index is 0.266. The van der Waals surface area contributed by atoms with Gasteiger partial charge in [-0.05, 0) is 25.2 Å². The standard InChI is InChI=1S/C10H21NO/c1-3-12-7-10(11)9-6-4-5-8(9)2/h8-10H,3-7,11H2,1-2H3. The van der Waals surface area contributed by atoms with Gasteiger partial charge in [0.25, 0.3) is 0 Å². The van der Waals surface area contributed by atoms with Crippen LogP contribution in [0, 0.1) is 11.8 Å². The van der Waals surface area contributed by atoms with E-state index in [1.165, 1.54) is 19.3 Å². The van der Waals surface area contributed by atoms with Gasteiger partial charge in [0.2, 0.25) is 0 Å².